The molecule has 2 heterocycles. The van der Waals surface area contributed by atoms with Crippen LogP contribution in [0.1, 0.15) is 11.5 Å². The van der Waals surface area contributed by atoms with Crippen molar-refractivity contribution in [2.24, 2.45) is 5.73 Å². The molecular weight excluding hydrogens is 258 g/mol. The van der Waals surface area contributed by atoms with E-state index in [2.05, 4.69) is 5.16 Å². The zero-order valence-electron chi connectivity index (χ0n) is 11.1. The number of para-hydroxylation sites is 2. The molecule has 1 aliphatic heterocycles. The minimum atomic E-state index is -0.658. The molecule has 0 saturated heterocycles. The second-order valence-corrected chi connectivity index (χ2v) is 4.79. The molecule has 0 fully saturated rings. The van der Waals surface area contributed by atoms with Crippen LogP contribution in [-0.4, -0.2) is 23.7 Å². The number of carbonyl (C=O) groups is 1. The van der Waals surface area contributed by atoms with Crippen molar-refractivity contribution < 1.29 is 14.1 Å². The number of benzene rings is 1. The van der Waals surface area contributed by atoms with Gasteiger partial charge in [0.2, 0.25) is 0 Å². The Morgan fingerprint density at radius 1 is 1.50 bits per heavy atom. The van der Waals surface area contributed by atoms with Gasteiger partial charge in [-0.15, -0.1) is 0 Å². The molecule has 1 aliphatic rings. The van der Waals surface area contributed by atoms with Crippen LogP contribution in [0.3, 0.4) is 0 Å². The van der Waals surface area contributed by atoms with Gasteiger partial charge in [-0.2, -0.15) is 0 Å². The van der Waals surface area contributed by atoms with E-state index in [0.717, 1.165) is 17.1 Å². The number of ether oxygens (including phenoxy) is 1. The molecule has 0 spiro atoms. The number of fused-ring (bicyclic) bond motifs is 1. The molecule has 1 atom stereocenters. The molecule has 6 heteroatoms. The fourth-order valence-corrected chi connectivity index (χ4v) is 2.28. The smallest absolute Gasteiger partial charge is 0.260 e. The molecule has 1 aromatic carbocycles. The topological polar surface area (TPSA) is 81.6 Å². The quantitative estimate of drug-likeness (QED) is 0.909. The first kappa shape index (κ1) is 12.5. The molecule has 0 saturated carbocycles. The third-order valence-corrected chi connectivity index (χ3v) is 3.20. The number of aromatic nitrogens is 1. The van der Waals surface area contributed by atoms with Crippen LogP contribution < -0.4 is 15.4 Å². The zero-order valence-corrected chi connectivity index (χ0v) is 11.1. The normalized spacial score (nSPS) is 17.4. The zero-order chi connectivity index (χ0) is 14.1. The highest BCUT2D eigenvalue weighted by Gasteiger charge is 2.29. The van der Waals surface area contributed by atoms with Crippen LogP contribution in [0.4, 0.5) is 5.69 Å². The monoisotopic (exact) mass is 273 g/mol. The minimum absolute atomic E-state index is 0.395. The van der Waals surface area contributed by atoms with Crippen molar-refractivity contribution in [3.05, 3.63) is 41.8 Å². The number of amides is 1. The first-order valence-electron chi connectivity index (χ1n) is 6.35. The Kier molecular flexibility index (Phi) is 3.06. The fraction of sp³-hybridized carbons (Fsp3) is 0.286. The summed E-state index contributed by atoms with van der Waals surface area (Å²) in [7, 11) is 0. The molecule has 1 amide bonds. The number of carbonyl (C=O) groups excluding carboxylic acids is 1. The van der Waals surface area contributed by atoms with Gasteiger partial charge in [-0.05, 0) is 19.1 Å². The lowest BCUT2D eigenvalue weighted by Gasteiger charge is -2.34. The molecule has 0 unspecified atom stereocenters. The van der Waals surface area contributed by atoms with Crippen LogP contribution in [0.5, 0.6) is 5.75 Å². The molecule has 2 aromatic rings. The van der Waals surface area contributed by atoms with Crippen molar-refractivity contribution in [1.29, 1.82) is 0 Å². The van der Waals surface area contributed by atoms with Gasteiger partial charge in [-0.3, -0.25) is 4.79 Å². The number of hydrogen-bond donors (Lipinski definition) is 1. The van der Waals surface area contributed by atoms with Crippen molar-refractivity contribution in [3.8, 4) is 5.75 Å². The largest absolute Gasteiger partial charge is 0.477 e. The van der Waals surface area contributed by atoms with E-state index in [1.165, 1.54) is 0 Å². The first-order valence-corrected chi connectivity index (χ1v) is 6.35. The Bertz CT molecular complexity index is 638. The summed E-state index contributed by atoms with van der Waals surface area (Å²) in [5.41, 5.74) is 7.10. The lowest BCUT2D eigenvalue weighted by atomic mass is 10.1. The van der Waals surface area contributed by atoms with Gasteiger partial charge in [0.05, 0.1) is 24.5 Å². The molecule has 20 heavy (non-hydrogen) atoms. The van der Waals surface area contributed by atoms with E-state index in [-0.39, 0.29) is 0 Å². The lowest BCUT2D eigenvalue weighted by molar-refractivity contribution is -0.124. The second-order valence-electron chi connectivity index (χ2n) is 4.79. The average molecular weight is 273 g/mol. The van der Waals surface area contributed by atoms with Gasteiger partial charge < -0.3 is 19.9 Å². The van der Waals surface area contributed by atoms with E-state index in [9.17, 15) is 4.79 Å². The number of hydrogen-bond acceptors (Lipinski definition) is 5. The molecule has 3 rings (SSSR count). The number of rotatable bonds is 3. The Labute approximate surface area is 116 Å². The molecule has 6 nitrogen and oxygen atoms in total. The summed E-state index contributed by atoms with van der Waals surface area (Å²) in [6, 6.07) is 9.42. The summed E-state index contributed by atoms with van der Waals surface area (Å²) in [6.45, 7) is 2.78. The van der Waals surface area contributed by atoms with E-state index in [1.807, 2.05) is 42.2 Å². The van der Waals surface area contributed by atoms with E-state index in [4.69, 9.17) is 15.0 Å². The molecule has 0 aliphatic carbocycles. The summed E-state index contributed by atoms with van der Waals surface area (Å²) in [4.78, 5) is 13.4. The predicted octanol–water partition coefficient (Wildman–Crippen LogP) is 1.24. The van der Waals surface area contributed by atoms with Crippen LogP contribution in [0.15, 0.2) is 34.9 Å². The third kappa shape index (κ3) is 2.32. The summed E-state index contributed by atoms with van der Waals surface area (Å²) < 4.78 is 10.8. The Morgan fingerprint density at radius 3 is 3.00 bits per heavy atom. The number of aryl methyl sites for hydroxylation is 1. The maximum atomic E-state index is 11.4. The van der Waals surface area contributed by atoms with E-state index >= 15 is 0 Å². The van der Waals surface area contributed by atoms with Crippen LogP contribution in [0.2, 0.25) is 0 Å². The van der Waals surface area contributed by atoms with Gasteiger partial charge in [0, 0.05) is 6.07 Å². The lowest BCUT2D eigenvalue weighted by Crippen LogP contribution is -2.46. The van der Waals surface area contributed by atoms with Gasteiger partial charge in [0.15, 0.2) is 11.9 Å². The highest BCUT2D eigenvalue weighted by molar-refractivity contribution is 5.81. The number of anilines is 1. The minimum Gasteiger partial charge on any atom is -0.477 e. The Hall–Kier alpha value is -2.50. The number of primary amides is 1. The Balaban J connectivity index is 1.90. The Morgan fingerprint density at radius 2 is 2.30 bits per heavy atom. The van der Waals surface area contributed by atoms with E-state index in [1.54, 1.807) is 0 Å². The predicted molar refractivity (Wildman–Crippen MR) is 72.3 cm³/mol. The number of nitrogens with two attached hydrogens (primary N) is 1. The van der Waals surface area contributed by atoms with Gasteiger partial charge in [0.25, 0.3) is 5.91 Å². The van der Waals surface area contributed by atoms with Crippen molar-refractivity contribution in [1.82, 2.24) is 5.16 Å². The standard InChI is InChI=1S/C14H15N3O3/c1-9-6-10(20-16-9)7-17-8-13(14(15)18)19-12-5-3-2-4-11(12)17/h2-6,13H,7-8H2,1H3,(H2,15,18)/t13-/m1/s1. The van der Waals surface area contributed by atoms with Crippen LogP contribution >= 0.6 is 0 Å². The van der Waals surface area contributed by atoms with Gasteiger partial charge >= 0.3 is 0 Å². The van der Waals surface area contributed by atoms with Crippen molar-refractivity contribution in [3.63, 3.8) is 0 Å². The summed E-state index contributed by atoms with van der Waals surface area (Å²) in [6.07, 6.45) is -0.658. The SMILES string of the molecule is Cc1cc(CN2C[C@H](C(N)=O)Oc3ccccc32)on1. The van der Waals surface area contributed by atoms with Crippen LogP contribution in [-0.2, 0) is 11.3 Å². The van der Waals surface area contributed by atoms with Gasteiger partial charge in [-0.1, -0.05) is 17.3 Å². The summed E-state index contributed by atoms with van der Waals surface area (Å²) in [5.74, 6) is 0.916. The molecule has 0 radical (unpaired) electrons. The maximum absolute atomic E-state index is 11.4. The summed E-state index contributed by atoms with van der Waals surface area (Å²) >= 11 is 0. The van der Waals surface area contributed by atoms with Gasteiger partial charge in [-0.25, -0.2) is 0 Å². The number of nitrogens with zero attached hydrogens (tertiary/aromatic N) is 2. The average Bonchev–Trinajstić information content (AvgIpc) is 2.84. The summed E-state index contributed by atoms with van der Waals surface area (Å²) in [5, 5.41) is 3.87. The van der Waals surface area contributed by atoms with Gasteiger partial charge in [0.1, 0.15) is 5.75 Å². The third-order valence-electron chi connectivity index (χ3n) is 3.20. The molecule has 104 valence electrons. The van der Waals surface area contributed by atoms with E-state index in [0.29, 0.717) is 18.8 Å². The van der Waals surface area contributed by atoms with Crippen molar-refractivity contribution >= 4 is 11.6 Å². The highest BCUT2D eigenvalue weighted by atomic mass is 16.5. The highest BCUT2D eigenvalue weighted by Crippen LogP contribution is 2.33. The molecule has 0 bridgehead atoms. The van der Waals surface area contributed by atoms with Crippen molar-refractivity contribution in [2.45, 2.75) is 19.6 Å². The maximum Gasteiger partial charge on any atom is 0.260 e. The first-order chi connectivity index (χ1) is 9.63. The van der Waals surface area contributed by atoms with Crippen LogP contribution in [0.25, 0.3) is 0 Å². The molecule has 2 N–H and O–H groups in total. The molecular formula is C14H15N3O3. The fourth-order valence-electron chi connectivity index (χ4n) is 2.28. The van der Waals surface area contributed by atoms with Crippen LogP contribution in [0, 0.1) is 6.92 Å². The van der Waals surface area contributed by atoms with E-state index < -0.39 is 12.0 Å². The second kappa shape index (κ2) is 4.88. The molecule has 1 aromatic heterocycles. The van der Waals surface area contributed by atoms with Crippen molar-refractivity contribution in [2.75, 3.05) is 11.4 Å².